The number of carbonyl (C=O) groups is 1. The lowest BCUT2D eigenvalue weighted by molar-refractivity contribution is -0.136. The van der Waals surface area contributed by atoms with Gasteiger partial charge in [0.05, 0.1) is 13.3 Å². The monoisotopic (exact) mass is 184 g/mol. The van der Waals surface area contributed by atoms with Gasteiger partial charge in [0.25, 0.3) is 0 Å². The zero-order valence-electron chi connectivity index (χ0n) is 7.85. The lowest BCUT2D eigenvalue weighted by Gasteiger charge is -2.24. The summed E-state index contributed by atoms with van der Waals surface area (Å²) in [5.74, 6) is -0.447. The molecule has 13 heavy (non-hydrogen) atoms. The van der Waals surface area contributed by atoms with Gasteiger partial charge in [-0.1, -0.05) is 0 Å². The number of carbonyl (C=O) groups excluding carboxylic acids is 1. The predicted octanol–water partition coefficient (Wildman–Crippen LogP) is -0.0105. The Morgan fingerprint density at radius 3 is 2.77 bits per heavy atom. The minimum atomic E-state index is -0.447. The first kappa shape index (κ1) is 9.73. The van der Waals surface area contributed by atoms with Crippen molar-refractivity contribution in [1.82, 2.24) is 4.90 Å². The van der Waals surface area contributed by atoms with Crippen molar-refractivity contribution in [1.29, 1.82) is 0 Å². The van der Waals surface area contributed by atoms with Crippen molar-refractivity contribution in [3.63, 3.8) is 0 Å². The molecular formula is C8H12N2O3. The van der Waals surface area contributed by atoms with Crippen LogP contribution < -0.4 is 0 Å². The zero-order valence-corrected chi connectivity index (χ0v) is 7.85. The van der Waals surface area contributed by atoms with Crippen LogP contribution in [0.3, 0.4) is 0 Å². The van der Waals surface area contributed by atoms with E-state index in [0.29, 0.717) is 0 Å². The quantitative estimate of drug-likeness (QED) is 0.566. The predicted molar refractivity (Wildman–Crippen MR) is 47.2 cm³/mol. The summed E-state index contributed by atoms with van der Waals surface area (Å²) in [7, 11) is 4.69. The average Bonchev–Trinajstić information content (AvgIpc) is 2.16. The van der Waals surface area contributed by atoms with E-state index < -0.39 is 5.97 Å². The molecular weight excluding hydrogens is 172 g/mol. The summed E-state index contributed by atoms with van der Waals surface area (Å²) in [6.07, 6.45) is 2.92. The fourth-order valence-electron chi connectivity index (χ4n) is 0.986. The van der Waals surface area contributed by atoms with Crippen molar-refractivity contribution >= 4 is 12.2 Å². The van der Waals surface area contributed by atoms with Gasteiger partial charge in [-0.05, 0) is 0 Å². The Labute approximate surface area is 76.6 Å². The van der Waals surface area contributed by atoms with Crippen LogP contribution in [-0.2, 0) is 14.3 Å². The van der Waals surface area contributed by atoms with Gasteiger partial charge in [-0.15, -0.1) is 0 Å². The van der Waals surface area contributed by atoms with E-state index >= 15 is 0 Å². The van der Waals surface area contributed by atoms with E-state index in [1.165, 1.54) is 7.11 Å². The Morgan fingerprint density at radius 1 is 1.62 bits per heavy atom. The molecule has 0 aliphatic carbocycles. The van der Waals surface area contributed by atoms with Gasteiger partial charge in [-0.2, -0.15) is 0 Å². The van der Waals surface area contributed by atoms with Crippen molar-refractivity contribution < 1.29 is 14.3 Å². The summed E-state index contributed by atoms with van der Waals surface area (Å²) < 4.78 is 9.56. The van der Waals surface area contributed by atoms with Crippen LogP contribution in [0.1, 0.15) is 0 Å². The van der Waals surface area contributed by atoms with Crippen LogP contribution in [-0.4, -0.2) is 44.6 Å². The first-order valence-electron chi connectivity index (χ1n) is 3.78. The van der Waals surface area contributed by atoms with E-state index in [2.05, 4.69) is 9.73 Å². The number of ether oxygens (including phenoxy) is 2. The van der Waals surface area contributed by atoms with E-state index in [1.807, 2.05) is 0 Å². The second kappa shape index (κ2) is 4.04. The molecule has 0 aromatic carbocycles. The maximum absolute atomic E-state index is 11.0. The van der Waals surface area contributed by atoms with Gasteiger partial charge in [0.2, 0.25) is 0 Å². The standard InChI is InChI=1S/C8H12N2O3/c1-10-5-6(8(11)13-3)9-4-7(10)12-2/h4-5,7H,1-3H3. The molecule has 0 aromatic rings. The van der Waals surface area contributed by atoms with Gasteiger partial charge < -0.3 is 14.4 Å². The highest BCUT2D eigenvalue weighted by atomic mass is 16.5. The molecule has 0 bridgehead atoms. The summed E-state index contributed by atoms with van der Waals surface area (Å²) in [5.41, 5.74) is 0.276. The van der Waals surface area contributed by atoms with Gasteiger partial charge in [-0.3, -0.25) is 0 Å². The highest BCUT2D eigenvalue weighted by Crippen LogP contribution is 2.09. The Kier molecular flexibility index (Phi) is 3.02. The van der Waals surface area contributed by atoms with Crippen LogP contribution in [0.2, 0.25) is 0 Å². The molecule has 5 heteroatoms. The van der Waals surface area contributed by atoms with Crippen LogP contribution in [0.5, 0.6) is 0 Å². The molecule has 0 N–H and O–H groups in total. The number of methoxy groups -OCH3 is 2. The highest BCUT2D eigenvalue weighted by Gasteiger charge is 2.18. The Hall–Kier alpha value is -1.36. The first-order valence-corrected chi connectivity index (χ1v) is 3.78. The van der Waals surface area contributed by atoms with Crippen molar-refractivity contribution in [2.24, 2.45) is 4.99 Å². The largest absolute Gasteiger partial charge is 0.464 e. The van der Waals surface area contributed by atoms with Crippen molar-refractivity contribution in [2.45, 2.75) is 6.23 Å². The maximum Gasteiger partial charge on any atom is 0.358 e. The molecule has 0 fully saturated rings. The molecule has 1 atom stereocenters. The van der Waals surface area contributed by atoms with Crippen LogP contribution in [0.15, 0.2) is 16.9 Å². The Balaban J connectivity index is 2.73. The van der Waals surface area contributed by atoms with Crippen LogP contribution in [0.25, 0.3) is 0 Å². The molecule has 0 radical (unpaired) electrons. The summed E-state index contributed by atoms with van der Waals surface area (Å²) >= 11 is 0. The molecule has 1 rings (SSSR count). The molecule has 0 saturated heterocycles. The molecule has 0 amide bonds. The lowest BCUT2D eigenvalue weighted by Crippen LogP contribution is -2.33. The Morgan fingerprint density at radius 2 is 2.31 bits per heavy atom. The molecule has 1 aliphatic rings. The van der Waals surface area contributed by atoms with Gasteiger partial charge >= 0.3 is 5.97 Å². The highest BCUT2D eigenvalue weighted by molar-refractivity contribution is 5.90. The van der Waals surface area contributed by atoms with E-state index in [1.54, 1.807) is 31.5 Å². The van der Waals surface area contributed by atoms with Crippen LogP contribution >= 0.6 is 0 Å². The fraction of sp³-hybridized carbons (Fsp3) is 0.500. The van der Waals surface area contributed by atoms with Crippen LogP contribution in [0, 0.1) is 0 Å². The van der Waals surface area contributed by atoms with E-state index in [-0.39, 0.29) is 11.9 Å². The molecule has 0 spiro atoms. The molecule has 0 aromatic heterocycles. The zero-order chi connectivity index (χ0) is 9.84. The van der Waals surface area contributed by atoms with Gasteiger partial charge in [0, 0.05) is 20.4 Å². The van der Waals surface area contributed by atoms with E-state index in [4.69, 9.17) is 4.74 Å². The SMILES string of the molecule is COC(=O)C1=CN(C)C(OC)C=N1. The minimum absolute atomic E-state index is 0.214. The molecule has 1 unspecified atom stereocenters. The average molecular weight is 184 g/mol. The summed E-state index contributed by atoms with van der Waals surface area (Å²) in [6, 6.07) is 0. The van der Waals surface area contributed by atoms with Crippen molar-refractivity contribution in [3.05, 3.63) is 11.9 Å². The van der Waals surface area contributed by atoms with E-state index in [9.17, 15) is 4.79 Å². The number of aliphatic imine (C=N–C) groups is 1. The van der Waals surface area contributed by atoms with Gasteiger partial charge in [0.1, 0.15) is 0 Å². The third kappa shape index (κ3) is 2.06. The Bertz CT molecular complexity index is 260. The molecule has 1 heterocycles. The topological polar surface area (TPSA) is 51.1 Å². The minimum Gasteiger partial charge on any atom is -0.464 e. The van der Waals surface area contributed by atoms with E-state index in [0.717, 1.165) is 0 Å². The third-order valence-corrected chi connectivity index (χ3v) is 1.70. The summed E-state index contributed by atoms with van der Waals surface area (Å²) in [6.45, 7) is 0. The fourth-order valence-corrected chi connectivity index (χ4v) is 0.986. The molecule has 1 aliphatic heterocycles. The van der Waals surface area contributed by atoms with Crippen molar-refractivity contribution in [2.75, 3.05) is 21.3 Å². The lowest BCUT2D eigenvalue weighted by atomic mass is 10.4. The first-order chi connectivity index (χ1) is 6.19. The summed E-state index contributed by atoms with van der Waals surface area (Å²) in [4.78, 5) is 16.7. The number of hydrogen-bond acceptors (Lipinski definition) is 5. The molecule has 72 valence electrons. The van der Waals surface area contributed by atoms with Crippen LogP contribution in [0.4, 0.5) is 0 Å². The van der Waals surface area contributed by atoms with Crippen molar-refractivity contribution in [3.8, 4) is 0 Å². The normalized spacial score (nSPS) is 21.3. The summed E-state index contributed by atoms with van der Waals surface area (Å²) in [5, 5.41) is 0. The third-order valence-electron chi connectivity index (χ3n) is 1.70. The molecule has 0 saturated carbocycles. The molecule has 5 nitrogen and oxygen atoms in total. The second-order valence-electron chi connectivity index (χ2n) is 2.58. The number of nitrogens with zero attached hydrogens (tertiary/aromatic N) is 2. The van der Waals surface area contributed by atoms with Gasteiger partial charge in [-0.25, -0.2) is 9.79 Å². The number of hydrogen-bond donors (Lipinski definition) is 0. The van der Waals surface area contributed by atoms with Gasteiger partial charge in [0.15, 0.2) is 11.9 Å². The second-order valence-corrected chi connectivity index (χ2v) is 2.58. The smallest absolute Gasteiger partial charge is 0.358 e. The number of rotatable bonds is 2. The maximum atomic E-state index is 11.0. The number of esters is 1.